The van der Waals surface area contributed by atoms with Gasteiger partial charge in [0.2, 0.25) is 0 Å². The summed E-state index contributed by atoms with van der Waals surface area (Å²) in [6, 6.07) is 0. The Hall–Kier alpha value is -1.37. The van der Waals surface area contributed by atoms with Crippen molar-refractivity contribution in [3.05, 3.63) is 49.1 Å². The van der Waals surface area contributed by atoms with E-state index in [-0.39, 0.29) is 0 Å². The van der Waals surface area contributed by atoms with Gasteiger partial charge in [0, 0.05) is 6.21 Å². The maximum absolute atomic E-state index is 6.95. The van der Waals surface area contributed by atoms with Crippen LogP contribution in [0.1, 0.15) is 0 Å². The van der Waals surface area contributed by atoms with Crippen molar-refractivity contribution in [3.63, 3.8) is 0 Å². The van der Waals surface area contributed by atoms with E-state index in [2.05, 4.69) is 19.7 Å². The molecule has 0 amide bonds. The molecule has 52 valence electrons. The molecule has 0 rings (SSSR count). The summed E-state index contributed by atoms with van der Waals surface area (Å²) in [7, 11) is 0. The van der Waals surface area contributed by atoms with E-state index in [9.17, 15) is 0 Å². The van der Waals surface area contributed by atoms with Gasteiger partial charge in [0.25, 0.3) is 0 Å². The fraction of sp³-hybridized carbons (Fsp3) is 0. The van der Waals surface area contributed by atoms with E-state index < -0.39 is 0 Å². The van der Waals surface area contributed by atoms with Crippen molar-refractivity contribution in [3.8, 4) is 0 Å². The number of allylic oxidation sites excluding steroid dienone is 5. The van der Waals surface area contributed by atoms with Crippen LogP contribution < -0.4 is 0 Å². The number of nitrogens with one attached hydrogen (secondary N) is 1. The minimum atomic E-state index is 0.741. The summed E-state index contributed by atoms with van der Waals surface area (Å²) in [4.78, 5) is 0. The lowest BCUT2D eigenvalue weighted by molar-refractivity contribution is 1.53. The van der Waals surface area contributed by atoms with Gasteiger partial charge >= 0.3 is 0 Å². The quantitative estimate of drug-likeness (QED) is 0.450. The summed E-state index contributed by atoms with van der Waals surface area (Å²) in [6.45, 7) is 10.7. The van der Waals surface area contributed by atoms with Gasteiger partial charge in [-0.2, -0.15) is 0 Å². The average Bonchev–Trinajstić information content (AvgIpc) is 2.00. The predicted octanol–water partition coefficient (Wildman–Crippen LogP) is 2.49. The fourth-order valence-electron chi connectivity index (χ4n) is 0.579. The molecule has 1 nitrogen and oxygen atoms in total. The maximum atomic E-state index is 6.95. The highest BCUT2D eigenvalue weighted by Crippen LogP contribution is 2.04. The molecule has 0 bridgehead atoms. The van der Waals surface area contributed by atoms with Gasteiger partial charge in [-0.3, -0.25) is 0 Å². The van der Waals surface area contributed by atoms with E-state index in [1.807, 2.05) is 0 Å². The Morgan fingerprint density at radius 1 is 0.900 bits per heavy atom. The van der Waals surface area contributed by atoms with Gasteiger partial charge in [0.1, 0.15) is 0 Å². The van der Waals surface area contributed by atoms with E-state index in [1.54, 1.807) is 18.2 Å². The van der Waals surface area contributed by atoms with Gasteiger partial charge in [-0.25, -0.2) is 0 Å². The monoisotopic (exact) mass is 133 g/mol. The van der Waals surface area contributed by atoms with Crippen molar-refractivity contribution in [2.75, 3.05) is 0 Å². The molecule has 0 aromatic heterocycles. The van der Waals surface area contributed by atoms with Crippen LogP contribution in [0.2, 0.25) is 0 Å². The number of rotatable bonds is 4. The Balaban J connectivity index is 4.85. The van der Waals surface area contributed by atoms with Gasteiger partial charge in [-0.15, -0.1) is 0 Å². The van der Waals surface area contributed by atoms with E-state index in [0.717, 1.165) is 11.1 Å². The molecule has 0 fully saturated rings. The number of hydrogen-bond acceptors (Lipinski definition) is 1. The minimum absolute atomic E-state index is 0.741. The van der Waals surface area contributed by atoms with Gasteiger partial charge < -0.3 is 5.41 Å². The smallest absolute Gasteiger partial charge is 0.0256 e. The molecule has 0 radical (unpaired) electrons. The molecular formula is C9H11N. The molecule has 0 aliphatic rings. The summed E-state index contributed by atoms with van der Waals surface area (Å²) in [5.41, 5.74) is 1.58. The Morgan fingerprint density at radius 3 is 1.40 bits per heavy atom. The standard InChI is InChI=1S/C9H11N/c1-4-8(5-2)9(6-3)7-10/h4-7,10H,1-3H2. The average molecular weight is 133 g/mol. The predicted molar refractivity (Wildman–Crippen MR) is 46.4 cm³/mol. The lowest BCUT2D eigenvalue weighted by atomic mass is 10.1. The van der Waals surface area contributed by atoms with Gasteiger partial charge in [-0.1, -0.05) is 38.0 Å². The molecule has 0 aromatic rings. The third-order valence-electron chi connectivity index (χ3n) is 1.15. The van der Waals surface area contributed by atoms with Crippen LogP contribution in [0.4, 0.5) is 0 Å². The van der Waals surface area contributed by atoms with Gasteiger partial charge in [0.05, 0.1) is 0 Å². The molecule has 0 aliphatic heterocycles. The van der Waals surface area contributed by atoms with Crippen molar-refractivity contribution >= 4 is 6.21 Å². The molecule has 0 unspecified atom stereocenters. The molecule has 0 aliphatic carbocycles. The second kappa shape index (κ2) is 4.50. The first-order chi connectivity index (χ1) is 4.79. The Labute approximate surface area is 61.6 Å². The zero-order valence-corrected chi connectivity index (χ0v) is 5.93. The Kier molecular flexibility index (Phi) is 3.89. The summed E-state index contributed by atoms with van der Waals surface area (Å²) >= 11 is 0. The third kappa shape index (κ3) is 1.86. The van der Waals surface area contributed by atoms with Crippen LogP contribution >= 0.6 is 0 Å². The van der Waals surface area contributed by atoms with E-state index in [0.29, 0.717) is 0 Å². The molecule has 10 heavy (non-hydrogen) atoms. The summed E-state index contributed by atoms with van der Waals surface area (Å²) in [6.07, 6.45) is 6.13. The molecule has 0 heterocycles. The molecule has 0 aromatic carbocycles. The van der Waals surface area contributed by atoms with Gasteiger partial charge in [0.15, 0.2) is 0 Å². The third-order valence-corrected chi connectivity index (χ3v) is 1.15. The van der Waals surface area contributed by atoms with Crippen molar-refractivity contribution in [2.24, 2.45) is 0 Å². The second-order valence-electron chi connectivity index (χ2n) is 1.67. The lowest BCUT2D eigenvalue weighted by Crippen LogP contribution is -1.82. The largest absolute Gasteiger partial charge is 0.308 e. The number of hydrogen-bond donors (Lipinski definition) is 1. The molecular weight excluding hydrogens is 122 g/mol. The SMILES string of the molecule is C=CC(C=C)=C(C=C)C=N. The van der Waals surface area contributed by atoms with Crippen LogP contribution in [0.15, 0.2) is 49.1 Å². The first-order valence-electron chi connectivity index (χ1n) is 2.92. The van der Waals surface area contributed by atoms with Crippen LogP contribution in [0.5, 0.6) is 0 Å². The summed E-state index contributed by atoms with van der Waals surface area (Å²) < 4.78 is 0. The molecule has 0 saturated carbocycles. The maximum Gasteiger partial charge on any atom is 0.0256 e. The molecule has 0 spiro atoms. The molecule has 0 saturated heterocycles. The zero-order chi connectivity index (χ0) is 7.98. The Bertz CT molecular complexity index is 155. The van der Waals surface area contributed by atoms with Gasteiger partial charge in [-0.05, 0) is 11.1 Å². The molecule has 1 N–H and O–H groups in total. The van der Waals surface area contributed by atoms with E-state index in [1.165, 1.54) is 6.21 Å². The Morgan fingerprint density at radius 2 is 1.30 bits per heavy atom. The second-order valence-corrected chi connectivity index (χ2v) is 1.67. The topological polar surface area (TPSA) is 23.9 Å². The van der Waals surface area contributed by atoms with Crippen molar-refractivity contribution in [1.29, 1.82) is 5.41 Å². The summed E-state index contributed by atoms with van der Waals surface area (Å²) in [5.74, 6) is 0. The highest BCUT2D eigenvalue weighted by Gasteiger charge is 1.89. The van der Waals surface area contributed by atoms with Crippen molar-refractivity contribution in [1.82, 2.24) is 0 Å². The summed E-state index contributed by atoms with van der Waals surface area (Å²) in [5, 5.41) is 6.95. The minimum Gasteiger partial charge on any atom is -0.308 e. The lowest BCUT2D eigenvalue weighted by Gasteiger charge is -1.95. The molecule has 1 heteroatoms. The molecule has 0 atom stereocenters. The first-order valence-corrected chi connectivity index (χ1v) is 2.92. The van der Waals surface area contributed by atoms with Crippen LogP contribution in [0.3, 0.4) is 0 Å². The highest BCUT2D eigenvalue weighted by atomic mass is 14.3. The van der Waals surface area contributed by atoms with Crippen LogP contribution in [-0.4, -0.2) is 6.21 Å². The zero-order valence-electron chi connectivity index (χ0n) is 5.93. The van der Waals surface area contributed by atoms with Crippen molar-refractivity contribution in [2.45, 2.75) is 0 Å². The van der Waals surface area contributed by atoms with E-state index in [4.69, 9.17) is 5.41 Å². The van der Waals surface area contributed by atoms with E-state index >= 15 is 0 Å². The highest BCUT2D eigenvalue weighted by molar-refractivity contribution is 5.82. The van der Waals surface area contributed by atoms with Crippen LogP contribution in [0, 0.1) is 5.41 Å². The van der Waals surface area contributed by atoms with Crippen LogP contribution in [0.25, 0.3) is 0 Å². The van der Waals surface area contributed by atoms with Crippen molar-refractivity contribution < 1.29 is 0 Å². The normalized spacial score (nSPS) is 7.60. The van der Waals surface area contributed by atoms with Crippen LogP contribution in [-0.2, 0) is 0 Å². The first kappa shape index (κ1) is 8.63. The fourth-order valence-corrected chi connectivity index (χ4v) is 0.579.